The van der Waals surface area contributed by atoms with E-state index in [0.29, 0.717) is 0 Å². The minimum absolute atomic E-state index is 1.02. The van der Waals surface area contributed by atoms with Gasteiger partial charge in [-0.1, -0.05) is 0 Å². The van der Waals surface area contributed by atoms with Gasteiger partial charge in [-0.2, -0.15) is 11.8 Å². The summed E-state index contributed by atoms with van der Waals surface area (Å²) >= 11 is 1.89. The molecular weight excluding hydrogens is 218 g/mol. The van der Waals surface area contributed by atoms with Crippen molar-refractivity contribution in [2.75, 3.05) is 23.9 Å². The monoisotopic (exact) mass is 237 g/mol. The van der Waals surface area contributed by atoms with Crippen LogP contribution in [0.3, 0.4) is 0 Å². The van der Waals surface area contributed by atoms with Crippen molar-refractivity contribution >= 4 is 17.6 Å². The van der Waals surface area contributed by atoms with Crippen LogP contribution in [0.2, 0.25) is 0 Å². The number of aryl methyl sites for hydroxylation is 1. The molecular formula is C12H19N3S. The van der Waals surface area contributed by atoms with Crippen LogP contribution >= 0.6 is 11.8 Å². The minimum Gasteiger partial charge on any atom is -0.370 e. The summed E-state index contributed by atoms with van der Waals surface area (Å²) < 4.78 is 0. The molecule has 0 aromatic carbocycles. The molecule has 0 saturated carbocycles. The lowest BCUT2D eigenvalue weighted by Gasteiger charge is -2.17. The van der Waals surface area contributed by atoms with Gasteiger partial charge in [0.1, 0.15) is 12.1 Å². The maximum atomic E-state index is 4.37. The summed E-state index contributed by atoms with van der Waals surface area (Å²) in [6.07, 6.45) is 9.85. The highest BCUT2D eigenvalue weighted by atomic mass is 32.2. The number of thioether (sulfide) groups is 1. The van der Waals surface area contributed by atoms with E-state index in [1.165, 1.54) is 36.3 Å². The van der Waals surface area contributed by atoms with E-state index < -0.39 is 0 Å². The molecule has 0 unspecified atom stereocenters. The second-order valence-corrected chi connectivity index (χ2v) is 5.11. The lowest BCUT2D eigenvalue weighted by Crippen LogP contribution is -2.13. The SMILES string of the molecule is CSCCCNc1ncnc2c1CCCC2. The number of nitrogens with zero attached hydrogens (tertiary/aromatic N) is 2. The van der Waals surface area contributed by atoms with E-state index in [4.69, 9.17) is 0 Å². The Morgan fingerprint density at radius 2 is 2.19 bits per heavy atom. The van der Waals surface area contributed by atoms with Crippen molar-refractivity contribution in [1.82, 2.24) is 9.97 Å². The van der Waals surface area contributed by atoms with E-state index in [-0.39, 0.29) is 0 Å². The molecule has 88 valence electrons. The van der Waals surface area contributed by atoms with Crippen LogP contribution in [0, 0.1) is 0 Å². The van der Waals surface area contributed by atoms with Crippen molar-refractivity contribution in [3.05, 3.63) is 17.6 Å². The van der Waals surface area contributed by atoms with Crippen molar-refractivity contribution in [3.63, 3.8) is 0 Å². The maximum Gasteiger partial charge on any atom is 0.132 e. The zero-order valence-corrected chi connectivity index (χ0v) is 10.6. The molecule has 0 bridgehead atoms. The topological polar surface area (TPSA) is 37.8 Å². The average molecular weight is 237 g/mol. The van der Waals surface area contributed by atoms with Crippen LogP contribution in [0.25, 0.3) is 0 Å². The van der Waals surface area contributed by atoms with Gasteiger partial charge in [0, 0.05) is 17.8 Å². The van der Waals surface area contributed by atoms with E-state index in [9.17, 15) is 0 Å². The quantitative estimate of drug-likeness (QED) is 0.799. The third kappa shape index (κ3) is 2.88. The number of nitrogens with one attached hydrogen (secondary N) is 1. The Morgan fingerprint density at radius 1 is 1.31 bits per heavy atom. The van der Waals surface area contributed by atoms with Crippen LogP contribution < -0.4 is 5.32 Å². The molecule has 0 radical (unpaired) electrons. The predicted molar refractivity (Wildman–Crippen MR) is 70.2 cm³/mol. The van der Waals surface area contributed by atoms with Gasteiger partial charge in [-0.05, 0) is 44.1 Å². The van der Waals surface area contributed by atoms with E-state index in [1.807, 2.05) is 11.8 Å². The van der Waals surface area contributed by atoms with Gasteiger partial charge >= 0.3 is 0 Å². The molecule has 16 heavy (non-hydrogen) atoms. The predicted octanol–water partition coefficient (Wildman–Crippen LogP) is 2.52. The van der Waals surface area contributed by atoms with Crippen molar-refractivity contribution in [2.24, 2.45) is 0 Å². The zero-order chi connectivity index (χ0) is 11.2. The smallest absolute Gasteiger partial charge is 0.132 e. The number of hydrogen-bond acceptors (Lipinski definition) is 4. The van der Waals surface area contributed by atoms with Crippen LogP contribution in [0.5, 0.6) is 0 Å². The van der Waals surface area contributed by atoms with Crippen molar-refractivity contribution in [2.45, 2.75) is 32.1 Å². The Bertz CT molecular complexity index is 341. The molecule has 0 amide bonds. The second-order valence-electron chi connectivity index (χ2n) is 4.13. The fourth-order valence-corrected chi connectivity index (χ4v) is 2.53. The number of aromatic nitrogens is 2. The largest absolute Gasteiger partial charge is 0.370 e. The second kappa shape index (κ2) is 6.09. The normalized spacial score (nSPS) is 14.6. The third-order valence-corrected chi connectivity index (χ3v) is 3.64. The molecule has 1 aromatic heterocycles. The van der Waals surface area contributed by atoms with E-state index >= 15 is 0 Å². The number of anilines is 1. The van der Waals surface area contributed by atoms with Crippen molar-refractivity contribution in [3.8, 4) is 0 Å². The van der Waals surface area contributed by atoms with E-state index in [2.05, 4.69) is 21.5 Å². The summed E-state index contributed by atoms with van der Waals surface area (Å²) in [6.45, 7) is 1.02. The molecule has 0 atom stereocenters. The molecule has 0 fully saturated rings. The van der Waals surface area contributed by atoms with E-state index in [1.54, 1.807) is 6.33 Å². The fourth-order valence-electron chi connectivity index (χ4n) is 2.10. The summed E-state index contributed by atoms with van der Waals surface area (Å²) in [4.78, 5) is 8.73. The van der Waals surface area contributed by atoms with Gasteiger partial charge in [-0.15, -0.1) is 0 Å². The first-order chi connectivity index (χ1) is 7.92. The Morgan fingerprint density at radius 3 is 3.06 bits per heavy atom. The zero-order valence-electron chi connectivity index (χ0n) is 9.83. The molecule has 1 heterocycles. The van der Waals surface area contributed by atoms with Crippen LogP contribution in [0.4, 0.5) is 5.82 Å². The van der Waals surface area contributed by atoms with Crippen LogP contribution in [-0.4, -0.2) is 28.5 Å². The molecule has 2 rings (SSSR count). The fraction of sp³-hybridized carbons (Fsp3) is 0.667. The van der Waals surface area contributed by atoms with Crippen LogP contribution in [0.15, 0.2) is 6.33 Å². The summed E-state index contributed by atoms with van der Waals surface area (Å²) in [6, 6.07) is 0. The van der Waals surface area contributed by atoms with Gasteiger partial charge in [0.05, 0.1) is 0 Å². The van der Waals surface area contributed by atoms with Gasteiger partial charge in [0.15, 0.2) is 0 Å². The first-order valence-corrected chi connectivity index (χ1v) is 7.37. The lowest BCUT2D eigenvalue weighted by atomic mass is 9.96. The first kappa shape index (κ1) is 11.7. The molecule has 1 N–H and O–H groups in total. The van der Waals surface area contributed by atoms with Crippen LogP contribution in [-0.2, 0) is 12.8 Å². The summed E-state index contributed by atoms with van der Waals surface area (Å²) in [7, 11) is 0. The first-order valence-electron chi connectivity index (χ1n) is 5.97. The molecule has 0 aliphatic heterocycles. The van der Waals surface area contributed by atoms with Gasteiger partial charge in [-0.25, -0.2) is 9.97 Å². The Hall–Kier alpha value is -0.770. The Labute approximate surface area is 101 Å². The van der Waals surface area contributed by atoms with Crippen LogP contribution in [0.1, 0.15) is 30.5 Å². The standard InChI is InChI=1S/C12H19N3S/c1-16-8-4-7-13-12-10-5-2-3-6-11(10)14-9-15-12/h9H,2-8H2,1H3,(H,13,14,15). The summed E-state index contributed by atoms with van der Waals surface area (Å²) in [5, 5.41) is 3.44. The number of rotatable bonds is 5. The minimum atomic E-state index is 1.02. The molecule has 0 spiro atoms. The van der Waals surface area contributed by atoms with Gasteiger partial charge in [0.25, 0.3) is 0 Å². The molecule has 1 aliphatic rings. The molecule has 4 heteroatoms. The summed E-state index contributed by atoms with van der Waals surface area (Å²) in [5.74, 6) is 2.28. The Kier molecular flexibility index (Phi) is 4.45. The molecule has 0 saturated heterocycles. The molecule has 1 aliphatic carbocycles. The van der Waals surface area contributed by atoms with Crippen molar-refractivity contribution in [1.29, 1.82) is 0 Å². The van der Waals surface area contributed by atoms with E-state index in [0.717, 1.165) is 25.2 Å². The highest BCUT2D eigenvalue weighted by molar-refractivity contribution is 7.98. The summed E-state index contributed by atoms with van der Waals surface area (Å²) in [5.41, 5.74) is 2.62. The molecule has 1 aromatic rings. The maximum absolute atomic E-state index is 4.37. The van der Waals surface area contributed by atoms with Crippen molar-refractivity contribution < 1.29 is 0 Å². The number of fused-ring (bicyclic) bond motifs is 1. The van der Waals surface area contributed by atoms with Gasteiger partial charge < -0.3 is 5.32 Å². The third-order valence-electron chi connectivity index (χ3n) is 2.94. The highest BCUT2D eigenvalue weighted by Gasteiger charge is 2.14. The van der Waals surface area contributed by atoms with Gasteiger partial charge in [0.2, 0.25) is 0 Å². The number of hydrogen-bond donors (Lipinski definition) is 1. The lowest BCUT2D eigenvalue weighted by molar-refractivity contribution is 0.663. The Balaban J connectivity index is 1.97. The highest BCUT2D eigenvalue weighted by Crippen LogP contribution is 2.24. The molecule has 3 nitrogen and oxygen atoms in total. The van der Waals surface area contributed by atoms with Gasteiger partial charge in [-0.3, -0.25) is 0 Å². The average Bonchev–Trinajstić information content (AvgIpc) is 2.35.